The number of ether oxygens (including phenoxy) is 2. The number of nitrogens with zero attached hydrogens (tertiary/aromatic N) is 1. The Morgan fingerprint density at radius 2 is 1.71 bits per heavy atom. The Labute approximate surface area is 177 Å². The van der Waals surface area contributed by atoms with Crippen LogP contribution in [-0.2, 0) is 17.5 Å². The molecule has 1 aliphatic rings. The standard InChI is InChI=1S/C21H22F3N3O4/c1-27(12-14-3-5-15(6-4-14)21(22,23)24)13-19(28)26-20(29)25-16-7-8-17-18(11-16)31-10-2-9-30-17/h3-8,11H,2,9-10,12-13H2,1H3,(H2,25,26,28,29). The van der Waals surface area contributed by atoms with Crippen LogP contribution in [0.1, 0.15) is 17.5 Å². The summed E-state index contributed by atoms with van der Waals surface area (Å²) in [4.78, 5) is 25.8. The van der Waals surface area contributed by atoms with Crippen molar-refractivity contribution in [2.45, 2.75) is 19.1 Å². The summed E-state index contributed by atoms with van der Waals surface area (Å²) in [6.45, 7) is 1.19. The van der Waals surface area contributed by atoms with Gasteiger partial charge < -0.3 is 14.8 Å². The molecule has 1 heterocycles. The molecular formula is C21H22F3N3O4. The summed E-state index contributed by atoms with van der Waals surface area (Å²) in [6.07, 6.45) is -3.64. The van der Waals surface area contributed by atoms with Gasteiger partial charge in [0.1, 0.15) is 0 Å². The van der Waals surface area contributed by atoms with Gasteiger partial charge in [0.05, 0.1) is 25.3 Å². The number of carbonyl (C=O) groups excluding carboxylic acids is 2. The quantitative estimate of drug-likeness (QED) is 0.747. The number of urea groups is 1. The van der Waals surface area contributed by atoms with Gasteiger partial charge in [-0.25, -0.2) is 4.79 Å². The highest BCUT2D eigenvalue weighted by Gasteiger charge is 2.29. The summed E-state index contributed by atoms with van der Waals surface area (Å²) in [6, 6.07) is 8.91. The van der Waals surface area contributed by atoms with E-state index in [1.807, 2.05) is 0 Å². The van der Waals surface area contributed by atoms with Crippen LogP contribution in [0.2, 0.25) is 0 Å². The number of carbonyl (C=O) groups is 2. The predicted molar refractivity (Wildman–Crippen MR) is 107 cm³/mol. The number of anilines is 1. The van der Waals surface area contributed by atoms with Gasteiger partial charge in [0, 0.05) is 24.7 Å². The van der Waals surface area contributed by atoms with E-state index in [-0.39, 0.29) is 13.1 Å². The van der Waals surface area contributed by atoms with Crippen LogP contribution in [0.3, 0.4) is 0 Å². The molecule has 0 saturated carbocycles. The minimum atomic E-state index is -4.39. The number of amides is 3. The number of benzene rings is 2. The molecular weight excluding hydrogens is 415 g/mol. The molecule has 3 amide bonds. The van der Waals surface area contributed by atoms with E-state index in [9.17, 15) is 22.8 Å². The minimum Gasteiger partial charge on any atom is -0.490 e. The second-order valence-electron chi connectivity index (χ2n) is 7.08. The summed E-state index contributed by atoms with van der Waals surface area (Å²) in [5.74, 6) is 0.545. The van der Waals surface area contributed by atoms with E-state index in [0.29, 0.717) is 36.0 Å². The molecule has 10 heteroatoms. The summed E-state index contributed by atoms with van der Waals surface area (Å²) >= 11 is 0. The molecule has 0 bridgehead atoms. The highest BCUT2D eigenvalue weighted by Crippen LogP contribution is 2.32. The van der Waals surface area contributed by atoms with Gasteiger partial charge in [0.25, 0.3) is 0 Å². The zero-order chi connectivity index (χ0) is 22.4. The Balaban J connectivity index is 1.47. The molecule has 0 spiro atoms. The fraction of sp³-hybridized carbons (Fsp3) is 0.333. The smallest absolute Gasteiger partial charge is 0.416 e. The lowest BCUT2D eigenvalue weighted by Gasteiger charge is -2.17. The lowest BCUT2D eigenvalue weighted by atomic mass is 10.1. The number of nitrogens with one attached hydrogen (secondary N) is 2. The van der Waals surface area contributed by atoms with Gasteiger partial charge in [0.2, 0.25) is 5.91 Å². The molecule has 166 valence electrons. The van der Waals surface area contributed by atoms with Crippen molar-refractivity contribution in [3.63, 3.8) is 0 Å². The maximum absolute atomic E-state index is 12.6. The van der Waals surface area contributed by atoms with Gasteiger partial charge in [-0.05, 0) is 36.9 Å². The fourth-order valence-electron chi connectivity index (χ4n) is 2.98. The van der Waals surface area contributed by atoms with E-state index in [0.717, 1.165) is 18.6 Å². The summed E-state index contributed by atoms with van der Waals surface area (Å²) in [5.41, 5.74) is 0.315. The van der Waals surface area contributed by atoms with Crippen LogP contribution >= 0.6 is 0 Å². The average molecular weight is 437 g/mol. The third kappa shape index (κ3) is 6.61. The number of hydrogen-bond donors (Lipinski definition) is 2. The molecule has 31 heavy (non-hydrogen) atoms. The lowest BCUT2D eigenvalue weighted by Crippen LogP contribution is -2.40. The molecule has 0 aliphatic carbocycles. The number of halogens is 3. The number of imide groups is 1. The second kappa shape index (κ2) is 9.69. The van der Waals surface area contributed by atoms with Crippen molar-refractivity contribution < 1.29 is 32.2 Å². The number of fused-ring (bicyclic) bond motifs is 1. The van der Waals surface area contributed by atoms with Crippen molar-refractivity contribution in [3.8, 4) is 11.5 Å². The lowest BCUT2D eigenvalue weighted by molar-refractivity contribution is -0.137. The molecule has 0 unspecified atom stereocenters. The van der Waals surface area contributed by atoms with E-state index in [4.69, 9.17) is 9.47 Å². The van der Waals surface area contributed by atoms with Gasteiger partial charge >= 0.3 is 12.2 Å². The molecule has 0 radical (unpaired) electrons. The summed E-state index contributed by atoms with van der Waals surface area (Å²) in [7, 11) is 1.62. The van der Waals surface area contributed by atoms with Crippen LogP contribution < -0.4 is 20.1 Å². The highest BCUT2D eigenvalue weighted by molar-refractivity contribution is 6.01. The molecule has 3 rings (SSSR count). The molecule has 7 nitrogen and oxygen atoms in total. The molecule has 0 atom stereocenters. The van der Waals surface area contributed by atoms with E-state index >= 15 is 0 Å². The van der Waals surface area contributed by atoms with Crippen molar-refractivity contribution in [3.05, 3.63) is 53.6 Å². The highest BCUT2D eigenvalue weighted by atomic mass is 19.4. The predicted octanol–water partition coefficient (Wildman–Crippen LogP) is 3.65. The van der Waals surface area contributed by atoms with Crippen molar-refractivity contribution >= 4 is 17.6 Å². The molecule has 2 N–H and O–H groups in total. The average Bonchev–Trinajstić information content (AvgIpc) is 2.92. The van der Waals surface area contributed by atoms with Gasteiger partial charge in [0.15, 0.2) is 11.5 Å². The third-order valence-corrected chi connectivity index (χ3v) is 4.41. The van der Waals surface area contributed by atoms with E-state index < -0.39 is 23.7 Å². The Hall–Kier alpha value is -3.27. The van der Waals surface area contributed by atoms with Crippen molar-refractivity contribution in [1.82, 2.24) is 10.2 Å². The Morgan fingerprint density at radius 1 is 1.03 bits per heavy atom. The molecule has 1 aliphatic heterocycles. The minimum absolute atomic E-state index is 0.115. The number of rotatable bonds is 5. The van der Waals surface area contributed by atoms with Crippen LogP contribution in [-0.4, -0.2) is 43.6 Å². The van der Waals surface area contributed by atoms with Gasteiger partial charge in [-0.2, -0.15) is 13.2 Å². The Bertz CT molecular complexity index is 932. The van der Waals surface area contributed by atoms with Gasteiger partial charge in [-0.3, -0.25) is 15.0 Å². The first-order chi connectivity index (χ1) is 14.7. The number of alkyl halides is 3. The number of hydrogen-bond acceptors (Lipinski definition) is 5. The Morgan fingerprint density at radius 3 is 2.39 bits per heavy atom. The van der Waals surface area contributed by atoms with Crippen molar-refractivity contribution in [2.24, 2.45) is 0 Å². The first kappa shape index (κ1) is 22.4. The summed E-state index contributed by atoms with van der Waals surface area (Å²) < 4.78 is 48.9. The molecule has 2 aromatic rings. The molecule has 2 aromatic carbocycles. The summed E-state index contributed by atoms with van der Waals surface area (Å²) in [5, 5.41) is 4.77. The second-order valence-corrected chi connectivity index (χ2v) is 7.08. The van der Waals surface area contributed by atoms with E-state index in [2.05, 4.69) is 10.6 Å². The maximum atomic E-state index is 12.6. The first-order valence-corrected chi connectivity index (χ1v) is 9.56. The number of likely N-dealkylation sites (N-methyl/N-ethyl adjacent to an activating group) is 1. The first-order valence-electron chi connectivity index (χ1n) is 9.56. The molecule has 0 saturated heterocycles. The molecule has 0 fully saturated rings. The van der Waals surface area contributed by atoms with Crippen molar-refractivity contribution in [1.29, 1.82) is 0 Å². The van der Waals surface area contributed by atoms with Crippen LogP contribution in [0.15, 0.2) is 42.5 Å². The van der Waals surface area contributed by atoms with Gasteiger partial charge in [-0.15, -0.1) is 0 Å². The Kier molecular flexibility index (Phi) is 7.01. The largest absolute Gasteiger partial charge is 0.490 e. The topological polar surface area (TPSA) is 79.9 Å². The third-order valence-electron chi connectivity index (χ3n) is 4.41. The van der Waals surface area contributed by atoms with Gasteiger partial charge in [-0.1, -0.05) is 12.1 Å². The van der Waals surface area contributed by atoms with Crippen LogP contribution in [0.5, 0.6) is 11.5 Å². The molecule has 0 aromatic heterocycles. The van der Waals surface area contributed by atoms with Crippen LogP contribution in [0, 0.1) is 0 Å². The fourth-order valence-corrected chi connectivity index (χ4v) is 2.98. The SMILES string of the molecule is CN(CC(=O)NC(=O)Nc1ccc2c(c1)OCCCO2)Cc1ccc(C(F)(F)F)cc1. The van der Waals surface area contributed by atoms with Crippen LogP contribution in [0.25, 0.3) is 0 Å². The van der Waals surface area contributed by atoms with Crippen LogP contribution in [0.4, 0.5) is 23.7 Å². The zero-order valence-electron chi connectivity index (χ0n) is 16.8. The maximum Gasteiger partial charge on any atom is 0.416 e. The normalized spacial score (nSPS) is 13.5. The van der Waals surface area contributed by atoms with E-state index in [1.165, 1.54) is 12.1 Å². The monoisotopic (exact) mass is 437 g/mol. The van der Waals surface area contributed by atoms with Crippen molar-refractivity contribution in [2.75, 3.05) is 32.1 Å². The van der Waals surface area contributed by atoms with E-state index in [1.54, 1.807) is 30.1 Å². The zero-order valence-corrected chi connectivity index (χ0v) is 16.8.